The standard InChI is InChI=1S/C21H31N5O3/c1-22-21(26-10-12-29-20(15-26)18-13-24-25(2)14-18)23-9-4-11-28-16-17-5-7-19(27-3)8-6-17/h5-8,13-14,20H,4,9-12,15-16H2,1-3H3,(H,22,23). The molecular weight excluding hydrogens is 370 g/mol. The van der Waals surface area contributed by atoms with Crippen LogP contribution in [0.1, 0.15) is 23.7 Å². The lowest BCUT2D eigenvalue weighted by atomic mass is 10.1. The van der Waals surface area contributed by atoms with Crippen molar-refractivity contribution in [1.29, 1.82) is 0 Å². The minimum absolute atomic E-state index is 0.0174. The van der Waals surface area contributed by atoms with E-state index >= 15 is 0 Å². The molecule has 8 heteroatoms. The second-order valence-corrected chi connectivity index (χ2v) is 6.98. The number of guanidine groups is 1. The van der Waals surface area contributed by atoms with Crippen LogP contribution < -0.4 is 10.1 Å². The number of rotatable bonds is 8. The summed E-state index contributed by atoms with van der Waals surface area (Å²) < 4.78 is 18.6. The van der Waals surface area contributed by atoms with Crippen molar-refractivity contribution < 1.29 is 14.2 Å². The van der Waals surface area contributed by atoms with E-state index in [-0.39, 0.29) is 6.10 Å². The molecule has 29 heavy (non-hydrogen) atoms. The van der Waals surface area contributed by atoms with Crippen LogP contribution in [-0.4, -0.2) is 67.6 Å². The molecule has 1 aromatic carbocycles. The molecule has 1 aromatic heterocycles. The van der Waals surface area contributed by atoms with E-state index in [1.807, 2.05) is 50.8 Å². The van der Waals surface area contributed by atoms with Gasteiger partial charge in [-0.15, -0.1) is 0 Å². The average molecular weight is 402 g/mol. The Morgan fingerprint density at radius 1 is 1.34 bits per heavy atom. The quantitative estimate of drug-likeness (QED) is 0.414. The molecule has 0 amide bonds. The van der Waals surface area contributed by atoms with Gasteiger partial charge in [-0.05, 0) is 24.1 Å². The molecular formula is C21H31N5O3. The van der Waals surface area contributed by atoms with Gasteiger partial charge < -0.3 is 24.4 Å². The molecule has 0 aliphatic carbocycles. The van der Waals surface area contributed by atoms with E-state index in [2.05, 4.69) is 20.3 Å². The number of ether oxygens (including phenoxy) is 3. The van der Waals surface area contributed by atoms with Crippen LogP contribution in [0, 0.1) is 0 Å². The number of hydrogen-bond acceptors (Lipinski definition) is 5. The smallest absolute Gasteiger partial charge is 0.193 e. The second-order valence-electron chi connectivity index (χ2n) is 6.98. The monoisotopic (exact) mass is 401 g/mol. The molecule has 1 aliphatic rings. The summed E-state index contributed by atoms with van der Waals surface area (Å²) >= 11 is 0. The Morgan fingerprint density at radius 2 is 2.17 bits per heavy atom. The van der Waals surface area contributed by atoms with Crippen LogP contribution in [0.2, 0.25) is 0 Å². The summed E-state index contributed by atoms with van der Waals surface area (Å²) in [5.74, 6) is 1.76. The molecule has 1 fully saturated rings. The van der Waals surface area contributed by atoms with Crippen molar-refractivity contribution in [2.75, 3.05) is 47.0 Å². The molecule has 1 N–H and O–H groups in total. The molecule has 1 aliphatic heterocycles. The number of morpholine rings is 1. The molecule has 1 atom stereocenters. The fraction of sp³-hybridized carbons (Fsp3) is 0.524. The molecule has 2 heterocycles. The molecule has 0 bridgehead atoms. The third-order valence-electron chi connectivity index (χ3n) is 4.85. The molecule has 0 spiro atoms. The SMILES string of the molecule is CN=C(NCCCOCc1ccc(OC)cc1)N1CCOC(c2cnn(C)c2)C1. The number of benzene rings is 1. The third kappa shape index (κ3) is 6.20. The first-order valence-electron chi connectivity index (χ1n) is 9.96. The third-order valence-corrected chi connectivity index (χ3v) is 4.85. The lowest BCUT2D eigenvalue weighted by Gasteiger charge is -2.34. The zero-order valence-electron chi connectivity index (χ0n) is 17.5. The summed E-state index contributed by atoms with van der Waals surface area (Å²) in [6, 6.07) is 7.95. The predicted octanol–water partition coefficient (Wildman–Crippen LogP) is 1.98. The second kappa shape index (κ2) is 10.8. The fourth-order valence-corrected chi connectivity index (χ4v) is 3.27. The Hall–Kier alpha value is -2.58. The zero-order valence-corrected chi connectivity index (χ0v) is 17.5. The van der Waals surface area contributed by atoms with E-state index in [0.29, 0.717) is 19.8 Å². The normalized spacial score (nSPS) is 17.4. The van der Waals surface area contributed by atoms with Gasteiger partial charge in [-0.2, -0.15) is 5.10 Å². The molecule has 0 saturated carbocycles. The van der Waals surface area contributed by atoms with E-state index < -0.39 is 0 Å². The highest BCUT2D eigenvalue weighted by Gasteiger charge is 2.24. The minimum Gasteiger partial charge on any atom is -0.497 e. The number of aliphatic imine (C=N–C) groups is 1. The van der Waals surface area contributed by atoms with Gasteiger partial charge in [-0.3, -0.25) is 9.67 Å². The Kier molecular flexibility index (Phi) is 7.89. The van der Waals surface area contributed by atoms with Crippen LogP contribution in [0.3, 0.4) is 0 Å². The van der Waals surface area contributed by atoms with Gasteiger partial charge in [0.05, 0.1) is 33.1 Å². The topological polar surface area (TPSA) is 73.1 Å². The van der Waals surface area contributed by atoms with E-state index in [4.69, 9.17) is 14.2 Å². The number of methoxy groups -OCH3 is 1. The molecule has 158 valence electrons. The number of nitrogens with zero attached hydrogens (tertiary/aromatic N) is 4. The highest BCUT2D eigenvalue weighted by Crippen LogP contribution is 2.21. The zero-order chi connectivity index (χ0) is 20.5. The van der Waals surface area contributed by atoms with Gasteiger partial charge in [0.15, 0.2) is 5.96 Å². The first kappa shape index (κ1) is 21.1. The van der Waals surface area contributed by atoms with Crippen molar-refractivity contribution in [2.24, 2.45) is 12.0 Å². The van der Waals surface area contributed by atoms with Crippen LogP contribution in [0.5, 0.6) is 5.75 Å². The fourth-order valence-electron chi connectivity index (χ4n) is 3.27. The number of nitrogens with one attached hydrogen (secondary N) is 1. The van der Waals surface area contributed by atoms with E-state index in [1.54, 1.807) is 11.8 Å². The van der Waals surface area contributed by atoms with Crippen LogP contribution in [0.15, 0.2) is 41.7 Å². The lowest BCUT2D eigenvalue weighted by Crippen LogP contribution is -2.48. The summed E-state index contributed by atoms with van der Waals surface area (Å²) in [7, 11) is 5.40. The molecule has 1 saturated heterocycles. The van der Waals surface area contributed by atoms with Crippen molar-refractivity contribution in [1.82, 2.24) is 20.0 Å². The van der Waals surface area contributed by atoms with Crippen molar-refractivity contribution in [3.8, 4) is 5.75 Å². The van der Waals surface area contributed by atoms with Crippen molar-refractivity contribution in [2.45, 2.75) is 19.1 Å². The Labute approximate surface area is 172 Å². The first-order chi connectivity index (χ1) is 14.2. The summed E-state index contributed by atoms with van der Waals surface area (Å²) in [4.78, 5) is 6.66. The van der Waals surface area contributed by atoms with Gasteiger partial charge in [-0.1, -0.05) is 12.1 Å². The van der Waals surface area contributed by atoms with E-state index in [1.165, 1.54) is 0 Å². The van der Waals surface area contributed by atoms with Crippen LogP contribution >= 0.6 is 0 Å². The van der Waals surface area contributed by atoms with E-state index in [0.717, 1.165) is 48.9 Å². The van der Waals surface area contributed by atoms with Gasteiger partial charge in [-0.25, -0.2) is 0 Å². The molecule has 8 nitrogen and oxygen atoms in total. The summed E-state index contributed by atoms with van der Waals surface area (Å²) in [5, 5.41) is 7.68. The van der Waals surface area contributed by atoms with Crippen molar-refractivity contribution in [3.05, 3.63) is 47.8 Å². The Morgan fingerprint density at radius 3 is 2.86 bits per heavy atom. The van der Waals surface area contributed by atoms with Gasteiger partial charge in [0.1, 0.15) is 11.9 Å². The number of aromatic nitrogens is 2. The van der Waals surface area contributed by atoms with Crippen molar-refractivity contribution in [3.63, 3.8) is 0 Å². The number of aryl methyl sites for hydroxylation is 1. The highest BCUT2D eigenvalue weighted by atomic mass is 16.5. The largest absolute Gasteiger partial charge is 0.497 e. The Bertz CT molecular complexity index is 775. The maximum atomic E-state index is 5.91. The van der Waals surface area contributed by atoms with Gasteiger partial charge >= 0.3 is 0 Å². The molecule has 3 rings (SSSR count). The van der Waals surface area contributed by atoms with Gasteiger partial charge in [0, 0.05) is 45.6 Å². The number of hydrogen-bond donors (Lipinski definition) is 1. The Balaban J connectivity index is 1.36. The predicted molar refractivity (Wildman–Crippen MR) is 112 cm³/mol. The van der Waals surface area contributed by atoms with E-state index in [9.17, 15) is 0 Å². The maximum Gasteiger partial charge on any atom is 0.193 e. The van der Waals surface area contributed by atoms with Crippen LogP contribution in [0.4, 0.5) is 0 Å². The highest BCUT2D eigenvalue weighted by molar-refractivity contribution is 5.80. The molecule has 1 unspecified atom stereocenters. The maximum absolute atomic E-state index is 5.91. The van der Waals surface area contributed by atoms with Crippen LogP contribution in [-0.2, 0) is 23.1 Å². The van der Waals surface area contributed by atoms with Crippen LogP contribution in [0.25, 0.3) is 0 Å². The van der Waals surface area contributed by atoms with Gasteiger partial charge in [0.2, 0.25) is 0 Å². The van der Waals surface area contributed by atoms with Gasteiger partial charge in [0.25, 0.3) is 0 Å². The lowest BCUT2D eigenvalue weighted by molar-refractivity contribution is -0.00806. The van der Waals surface area contributed by atoms with Crippen molar-refractivity contribution >= 4 is 5.96 Å². The summed E-state index contributed by atoms with van der Waals surface area (Å²) in [5.41, 5.74) is 2.24. The summed E-state index contributed by atoms with van der Waals surface area (Å²) in [6.07, 6.45) is 4.80. The average Bonchev–Trinajstić information content (AvgIpc) is 3.20. The molecule has 0 radical (unpaired) electrons. The minimum atomic E-state index is 0.0174. The summed E-state index contributed by atoms with van der Waals surface area (Å²) in [6.45, 7) is 4.37. The first-order valence-corrected chi connectivity index (χ1v) is 9.96. The molecule has 2 aromatic rings.